The van der Waals surface area contributed by atoms with Crippen LogP contribution in [0.5, 0.6) is 5.75 Å². The van der Waals surface area contributed by atoms with E-state index in [1.165, 1.54) is 0 Å². The van der Waals surface area contributed by atoms with Gasteiger partial charge in [0.2, 0.25) is 0 Å². The standard InChI is InChI=1S/C17H21N3O4/c21-10-8-18-6-7-19-16(23)13-15(22)12-5-1-3-11-4-2-9-20(14(11)12)17(13)24/h1,3,5,18,21-22H,2,4,6-10H2,(H,19,23)/p+1. The van der Waals surface area contributed by atoms with Crippen molar-refractivity contribution in [3.63, 3.8) is 0 Å². The molecule has 0 bridgehead atoms. The molecule has 0 saturated carbocycles. The van der Waals surface area contributed by atoms with E-state index in [0.29, 0.717) is 31.6 Å². The van der Waals surface area contributed by atoms with E-state index in [4.69, 9.17) is 5.11 Å². The second-order valence-corrected chi connectivity index (χ2v) is 5.94. The number of aromatic hydroxyl groups is 1. The van der Waals surface area contributed by atoms with Gasteiger partial charge in [-0.2, -0.15) is 0 Å². The van der Waals surface area contributed by atoms with Crippen LogP contribution < -0.4 is 16.2 Å². The molecule has 5 N–H and O–H groups in total. The molecular formula is C17H22N3O4+. The molecule has 0 aliphatic carbocycles. The number of amides is 1. The van der Waals surface area contributed by atoms with Crippen LogP contribution in [0.15, 0.2) is 23.0 Å². The van der Waals surface area contributed by atoms with Crippen LogP contribution in [-0.2, 0) is 13.0 Å². The molecule has 2 aromatic rings. The quantitative estimate of drug-likeness (QED) is 0.506. The summed E-state index contributed by atoms with van der Waals surface area (Å²) in [6, 6.07) is 5.53. The largest absolute Gasteiger partial charge is 0.506 e. The topological polar surface area (TPSA) is 108 Å². The number of hydrogen-bond acceptors (Lipinski definition) is 4. The van der Waals surface area contributed by atoms with Gasteiger partial charge in [0.05, 0.1) is 31.8 Å². The molecule has 0 radical (unpaired) electrons. The number of carbonyl (C=O) groups excluding carboxylic acids is 1. The van der Waals surface area contributed by atoms with Gasteiger partial charge in [-0.05, 0) is 24.5 Å². The molecule has 0 saturated heterocycles. The van der Waals surface area contributed by atoms with Gasteiger partial charge >= 0.3 is 0 Å². The van der Waals surface area contributed by atoms with Crippen LogP contribution in [0.2, 0.25) is 0 Å². The second kappa shape index (κ2) is 7.02. The van der Waals surface area contributed by atoms with E-state index in [9.17, 15) is 14.7 Å². The summed E-state index contributed by atoms with van der Waals surface area (Å²) in [5, 5.41) is 24.3. The Bertz CT molecular complexity index is 829. The Hall–Kier alpha value is -2.38. The van der Waals surface area contributed by atoms with Crippen LogP contribution in [0.25, 0.3) is 10.9 Å². The number of aromatic nitrogens is 1. The zero-order chi connectivity index (χ0) is 17.1. The molecule has 1 amide bonds. The number of aliphatic hydroxyl groups is 1. The van der Waals surface area contributed by atoms with E-state index >= 15 is 0 Å². The first-order valence-electron chi connectivity index (χ1n) is 8.23. The Morgan fingerprint density at radius 2 is 2.17 bits per heavy atom. The number of quaternary nitrogens is 1. The number of benzene rings is 1. The zero-order valence-corrected chi connectivity index (χ0v) is 13.4. The lowest BCUT2D eigenvalue weighted by molar-refractivity contribution is -0.654. The zero-order valence-electron chi connectivity index (χ0n) is 13.4. The van der Waals surface area contributed by atoms with Crippen molar-refractivity contribution in [3.05, 3.63) is 39.7 Å². The van der Waals surface area contributed by atoms with E-state index < -0.39 is 11.5 Å². The third-order valence-electron chi connectivity index (χ3n) is 4.36. The number of nitrogens with one attached hydrogen (secondary N) is 1. The molecular weight excluding hydrogens is 310 g/mol. The number of pyridine rings is 1. The van der Waals surface area contributed by atoms with E-state index in [1.807, 2.05) is 17.4 Å². The average molecular weight is 332 g/mol. The molecule has 1 aromatic carbocycles. The Morgan fingerprint density at radius 1 is 1.33 bits per heavy atom. The fourth-order valence-electron chi connectivity index (χ4n) is 3.23. The van der Waals surface area contributed by atoms with Gasteiger partial charge in [-0.25, -0.2) is 0 Å². The molecule has 24 heavy (non-hydrogen) atoms. The van der Waals surface area contributed by atoms with Crippen molar-refractivity contribution in [3.8, 4) is 5.75 Å². The molecule has 0 unspecified atom stereocenters. The smallest absolute Gasteiger partial charge is 0.267 e. The number of hydrogen-bond donors (Lipinski definition) is 4. The van der Waals surface area contributed by atoms with E-state index in [-0.39, 0.29) is 17.9 Å². The van der Waals surface area contributed by atoms with Crippen molar-refractivity contribution in [2.24, 2.45) is 0 Å². The number of carbonyl (C=O) groups is 1. The summed E-state index contributed by atoms with van der Waals surface area (Å²) in [4.78, 5) is 25.1. The molecule has 0 fully saturated rings. The highest BCUT2D eigenvalue weighted by molar-refractivity contribution is 6.02. The number of rotatable bonds is 6. The molecule has 7 nitrogen and oxygen atoms in total. The minimum absolute atomic E-state index is 0.0758. The predicted molar refractivity (Wildman–Crippen MR) is 89.3 cm³/mol. The maximum Gasteiger partial charge on any atom is 0.267 e. The molecule has 2 heterocycles. The molecule has 1 aliphatic heterocycles. The summed E-state index contributed by atoms with van der Waals surface area (Å²) >= 11 is 0. The number of nitrogens with zero attached hydrogens (tertiary/aromatic N) is 1. The van der Waals surface area contributed by atoms with Gasteiger partial charge in [0.1, 0.15) is 11.3 Å². The second-order valence-electron chi connectivity index (χ2n) is 5.94. The minimum Gasteiger partial charge on any atom is -0.506 e. The lowest BCUT2D eigenvalue weighted by Crippen LogP contribution is -2.86. The van der Waals surface area contributed by atoms with Gasteiger partial charge in [0.25, 0.3) is 11.5 Å². The van der Waals surface area contributed by atoms with Crippen LogP contribution in [-0.4, -0.2) is 46.9 Å². The first-order valence-corrected chi connectivity index (χ1v) is 8.23. The van der Waals surface area contributed by atoms with Crippen LogP contribution in [0, 0.1) is 0 Å². The third kappa shape index (κ3) is 2.88. The highest BCUT2D eigenvalue weighted by Crippen LogP contribution is 2.31. The summed E-state index contributed by atoms with van der Waals surface area (Å²) in [5.41, 5.74) is 1.13. The first kappa shape index (κ1) is 16.5. The van der Waals surface area contributed by atoms with Gasteiger partial charge in [-0.3, -0.25) is 9.59 Å². The molecule has 7 heteroatoms. The van der Waals surface area contributed by atoms with Gasteiger partial charge in [-0.1, -0.05) is 12.1 Å². The molecule has 128 valence electrons. The number of para-hydroxylation sites is 1. The first-order chi connectivity index (χ1) is 11.6. The lowest BCUT2D eigenvalue weighted by Gasteiger charge is -2.21. The van der Waals surface area contributed by atoms with Crippen molar-refractivity contribution >= 4 is 16.8 Å². The fourth-order valence-corrected chi connectivity index (χ4v) is 3.23. The summed E-state index contributed by atoms with van der Waals surface area (Å²) in [6.07, 6.45) is 1.70. The summed E-state index contributed by atoms with van der Waals surface area (Å²) < 4.78 is 1.60. The van der Waals surface area contributed by atoms with Crippen molar-refractivity contribution < 1.29 is 20.3 Å². The molecule has 3 rings (SSSR count). The predicted octanol–water partition coefficient (Wildman–Crippen LogP) is -1.06. The normalized spacial score (nSPS) is 13.2. The maximum absolute atomic E-state index is 12.7. The Kier molecular flexibility index (Phi) is 4.82. The summed E-state index contributed by atoms with van der Waals surface area (Å²) in [5.74, 6) is -0.802. The number of aliphatic hydroxyl groups excluding tert-OH is 1. The third-order valence-corrected chi connectivity index (χ3v) is 4.36. The number of nitrogens with two attached hydrogens (primary N) is 1. The fraction of sp³-hybridized carbons (Fsp3) is 0.412. The molecule has 0 spiro atoms. The Morgan fingerprint density at radius 3 is 2.96 bits per heavy atom. The van der Waals surface area contributed by atoms with Crippen LogP contribution in [0.1, 0.15) is 22.3 Å². The van der Waals surface area contributed by atoms with Crippen LogP contribution >= 0.6 is 0 Å². The average Bonchev–Trinajstić information content (AvgIpc) is 2.59. The van der Waals surface area contributed by atoms with Crippen LogP contribution in [0.4, 0.5) is 0 Å². The molecule has 1 aromatic heterocycles. The maximum atomic E-state index is 12.7. The van der Waals surface area contributed by atoms with Gasteiger partial charge in [0.15, 0.2) is 0 Å². The molecule has 1 aliphatic rings. The van der Waals surface area contributed by atoms with E-state index in [1.54, 1.807) is 10.6 Å². The SMILES string of the molecule is O=C(NCC[NH2+]CCO)c1c(O)c2cccc3c2n(c1=O)CCC3. The Labute approximate surface area is 138 Å². The van der Waals surface area contributed by atoms with Crippen molar-refractivity contribution in [1.82, 2.24) is 9.88 Å². The van der Waals surface area contributed by atoms with Gasteiger partial charge in [-0.15, -0.1) is 0 Å². The highest BCUT2D eigenvalue weighted by atomic mass is 16.3. The lowest BCUT2D eigenvalue weighted by atomic mass is 9.99. The van der Waals surface area contributed by atoms with Crippen LogP contribution in [0.3, 0.4) is 0 Å². The summed E-state index contributed by atoms with van der Waals surface area (Å²) in [7, 11) is 0. The minimum atomic E-state index is -0.559. The van der Waals surface area contributed by atoms with Crippen molar-refractivity contribution in [2.75, 3.05) is 26.2 Å². The van der Waals surface area contributed by atoms with Crippen molar-refractivity contribution in [2.45, 2.75) is 19.4 Å². The molecule has 0 atom stereocenters. The van der Waals surface area contributed by atoms with Gasteiger partial charge < -0.3 is 25.4 Å². The summed E-state index contributed by atoms with van der Waals surface area (Å²) in [6.45, 7) is 2.14. The monoisotopic (exact) mass is 332 g/mol. The van der Waals surface area contributed by atoms with Crippen molar-refractivity contribution in [1.29, 1.82) is 0 Å². The van der Waals surface area contributed by atoms with E-state index in [0.717, 1.165) is 23.9 Å². The Balaban J connectivity index is 1.94. The number of aryl methyl sites for hydroxylation is 2. The van der Waals surface area contributed by atoms with E-state index in [2.05, 4.69) is 5.32 Å². The van der Waals surface area contributed by atoms with Gasteiger partial charge in [0, 0.05) is 11.9 Å². The highest BCUT2D eigenvalue weighted by Gasteiger charge is 2.24.